The molecule has 0 aliphatic rings. The van der Waals surface area contributed by atoms with Crippen molar-refractivity contribution in [2.75, 3.05) is 12.0 Å². The van der Waals surface area contributed by atoms with Crippen LogP contribution < -0.4 is 14.9 Å². The minimum atomic E-state index is -0.500. The van der Waals surface area contributed by atoms with Crippen LogP contribution in [-0.4, -0.2) is 22.7 Å². The Morgan fingerprint density at radius 3 is 2.67 bits per heavy atom. The van der Waals surface area contributed by atoms with Crippen LogP contribution in [-0.2, 0) is 13.0 Å². The van der Waals surface area contributed by atoms with Crippen molar-refractivity contribution in [1.82, 2.24) is 4.98 Å². The minimum Gasteiger partial charge on any atom is -0.490 e. The van der Waals surface area contributed by atoms with Crippen molar-refractivity contribution < 1.29 is 14.4 Å². The van der Waals surface area contributed by atoms with Crippen LogP contribution in [0.3, 0.4) is 0 Å². The van der Waals surface area contributed by atoms with E-state index >= 15 is 0 Å². The second-order valence-electron chi connectivity index (χ2n) is 7.89. The summed E-state index contributed by atoms with van der Waals surface area (Å²) < 4.78 is 12.3. The molecule has 8 nitrogen and oxygen atoms in total. The number of nitrogens with one attached hydrogen (secondary N) is 1. The summed E-state index contributed by atoms with van der Waals surface area (Å²) >= 11 is 0. The number of fused-ring (bicyclic) bond motifs is 1. The van der Waals surface area contributed by atoms with Gasteiger partial charge in [-0.15, -0.1) is 6.58 Å². The normalized spacial score (nSPS) is 10.9. The van der Waals surface area contributed by atoms with Crippen LogP contribution >= 0.6 is 0 Å². The molecule has 3 aromatic carbocycles. The maximum atomic E-state index is 10.8. The number of hydrogen-bond acceptors (Lipinski definition) is 7. The smallest absolute Gasteiger partial charge is 0.287 e. The molecule has 8 heteroatoms. The third kappa shape index (κ3) is 5.85. The van der Waals surface area contributed by atoms with Gasteiger partial charge in [-0.05, 0) is 53.4 Å². The predicted molar refractivity (Wildman–Crippen MR) is 142 cm³/mol. The van der Waals surface area contributed by atoms with Crippen LogP contribution in [0.15, 0.2) is 90.7 Å². The minimum absolute atomic E-state index is 0.0842. The van der Waals surface area contributed by atoms with Crippen molar-refractivity contribution in [3.8, 4) is 11.5 Å². The Morgan fingerprint density at radius 1 is 1.08 bits per heavy atom. The average Bonchev–Trinajstić information content (AvgIpc) is 2.89. The van der Waals surface area contributed by atoms with Crippen LogP contribution in [0.5, 0.6) is 11.5 Å². The van der Waals surface area contributed by atoms with E-state index in [0.717, 1.165) is 27.5 Å². The fourth-order valence-corrected chi connectivity index (χ4v) is 3.79. The number of nitrogens with zero attached hydrogens (tertiary/aromatic N) is 3. The first kappa shape index (κ1) is 24.4. The van der Waals surface area contributed by atoms with Crippen molar-refractivity contribution in [3.63, 3.8) is 0 Å². The third-order valence-corrected chi connectivity index (χ3v) is 5.42. The van der Waals surface area contributed by atoms with Gasteiger partial charge in [0.25, 0.3) is 5.69 Å². The molecule has 0 aliphatic carbocycles. The first-order valence-corrected chi connectivity index (χ1v) is 11.5. The molecule has 4 aromatic rings. The standard InChI is InChI=1S/C28H26N4O4/c1-3-8-22-15-20(17-30-31-27-14-13-24(18-29-27)32(33)34)16-26(35-4-2)28(22)36-19-23-11-7-10-21-9-5-6-12-25(21)23/h3,5-7,9-18H,1,4,8,19H2,2H3,(H,29,31)/b30-17+. The Hall–Kier alpha value is -4.72. The highest BCUT2D eigenvalue weighted by Gasteiger charge is 2.14. The molecular weight excluding hydrogens is 456 g/mol. The van der Waals surface area contributed by atoms with Crippen LogP contribution in [0.2, 0.25) is 0 Å². The van der Waals surface area contributed by atoms with Gasteiger partial charge < -0.3 is 9.47 Å². The summed E-state index contributed by atoms with van der Waals surface area (Å²) in [6, 6.07) is 21.1. The maximum Gasteiger partial charge on any atom is 0.287 e. The highest BCUT2D eigenvalue weighted by Crippen LogP contribution is 2.35. The monoisotopic (exact) mass is 482 g/mol. The summed E-state index contributed by atoms with van der Waals surface area (Å²) in [5, 5.41) is 17.3. The number of allylic oxidation sites excluding steroid dienone is 1. The van der Waals surface area contributed by atoms with Crippen molar-refractivity contribution in [3.05, 3.63) is 112 Å². The zero-order valence-electron chi connectivity index (χ0n) is 19.9. The predicted octanol–water partition coefficient (Wildman–Crippen LogP) is 6.30. The van der Waals surface area contributed by atoms with Gasteiger partial charge in [0.1, 0.15) is 18.6 Å². The Kier molecular flexibility index (Phi) is 7.87. The number of rotatable bonds is 11. The van der Waals surface area contributed by atoms with E-state index in [1.165, 1.54) is 18.3 Å². The summed E-state index contributed by atoms with van der Waals surface area (Å²) in [6.07, 6.45) is 5.21. The molecular formula is C28H26N4O4. The zero-order valence-corrected chi connectivity index (χ0v) is 19.9. The molecule has 0 saturated heterocycles. The highest BCUT2D eigenvalue weighted by atomic mass is 16.6. The lowest BCUT2D eigenvalue weighted by atomic mass is 10.0. The number of benzene rings is 3. The summed E-state index contributed by atoms with van der Waals surface area (Å²) in [6.45, 7) is 6.68. The molecule has 1 aromatic heterocycles. The number of nitro groups is 1. The Labute approximate surface area is 209 Å². The van der Waals surface area contributed by atoms with E-state index in [1.807, 2.05) is 43.3 Å². The second-order valence-corrected chi connectivity index (χ2v) is 7.89. The Bertz CT molecular complexity index is 1400. The summed E-state index contributed by atoms with van der Waals surface area (Å²) in [5.74, 6) is 1.68. The molecule has 0 amide bonds. The average molecular weight is 483 g/mol. The fraction of sp³-hybridized carbons (Fsp3) is 0.143. The molecule has 0 aliphatic heterocycles. The van der Waals surface area contributed by atoms with Crippen molar-refractivity contribution in [1.29, 1.82) is 0 Å². The molecule has 4 rings (SSSR count). The van der Waals surface area contributed by atoms with E-state index in [-0.39, 0.29) is 5.69 Å². The lowest BCUT2D eigenvalue weighted by Crippen LogP contribution is -2.04. The van der Waals surface area contributed by atoms with Gasteiger partial charge >= 0.3 is 0 Å². The molecule has 36 heavy (non-hydrogen) atoms. The molecule has 0 saturated carbocycles. The van der Waals surface area contributed by atoms with Crippen molar-refractivity contribution in [2.24, 2.45) is 5.10 Å². The second kappa shape index (κ2) is 11.6. The third-order valence-electron chi connectivity index (χ3n) is 5.42. The van der Waals surface area contributed by atoms with E-state index in [2.05, 4.69) is 46.4 Å². The van der Waals surface area contributed by atoms with Gasteiger partial charge in [0.05, 0.1) is 17.7 Å². The number of ether oxygens (including phenoxy) is 2. The number of aromatic nitrogens is 1. The Balaban J connectivity index is 1.57. The first-order valence-electron chi connectivity index (χ1n) is 11.5. The molecule has 0 unspecified atom stereocenters. The number of pyridine rings is 1. The number of hydrazone groups is 1. The van der Waals surface area contributed by atoms with E-state index in [0.29, 0.717) is 37.0 Å². The van der Waals surface area contributed by atoms with Crippen LogP contribution in [0.4, 0.5) is 11.5 Å². The molecule has 182 valence electrons. The van der Waals surface area contributed by atoms with Crippen LogP contribution in [0, 0.1) is 10.1 Å². The molecule has 0 bridgehead atoms. The van der Waals surface area contributed by atoms with Crippen LogP contribution in [0.25, 0.3) is 10.8 Å². The molecule has 0 atom stereocenters. The largest absolute Gasteiger partial charge is 0.490 e. The quantitative estimate of drug-likeness (QED) is 0.117. The molecule has 1 N–H and O–H groups in total. The van der Waals surface area contributed by atoms with E-state index in [1.54, 1.807) is 6.21 Å². The fourth-order valence-electron chi connectivity index (χ4n) is 3.79. The summed E-state index contributed by atoms with van der Waals surface area (Å²) in [4.78, 5) is 14.3. The van der Waals surface area contributed by atoms with Gasteiger partial charge in [-0.1, -0.05) is 48.5 Å². The van der Waals surface area contributed by atoms with E-state index in [9.17, 15) is 10.1 Å². The lowest BCUT2D eigenvalue weighted by Gasteiger charge is -2.17. The summed E-state index contributed by atoms with van der Waals surface area (Å²) in [7, 11) is 0. The van der Waals surface area contributed by atoms with Gasteiger partial charge in [-0.3, -0.25) is 15.5 Å². The maximum absolute atomic E-state index is 10.8. The number of anilines is 1. The van der Waals surface area contributed by atoms with Crippen molar-refractivity contribution >= 4 is 28.5 Å². The van der Waals surface area contributed by atoms with Gasteiger partial charge in [0, 0.05) is 11.6 Å². The van der Waals surface area contributed by atoms with Gasteiger partial charge in [0.2, 0.25) is 0 Å². The summed E-state index contributed by atoms with van der Waals surface area (Å²) in [5.41, 5.74) is 5.50. The molecule has 0 spiro atoms. The van der Waals surface area contributed by atoms with Gasteiger partial charge in [0.15, 0.2) is 11.5 Å². The number of hydrogen-bond donors (Lipinski definition) is 1. The molecule has 0 fully saturated rings. The van der Waals surface area contributed by atoms with E-state index in [4.69, 9.17) is 9.47 Å². The van der Waals surface area contributed by atoms with Gasteiger partial charge in [-0.2, -0.15) is 5.10 Å². The van der Waals surface area contributed by atoms with Crippen molar-refractivity contribution in [2.45, 2.75) is 20.0 Å². The highest BCUT2D eigenvalue weighted by molar-refractivity contribution is 5.85. The van der Waals surface area contributed by atoms with E-state index < -0.39 is 4.92 Å². The lowest BCUT2D eigenvalue weighted by molar-refractivity contribution is -0.385. The SMILES string of the molecule is C=CCc1cc(/C=N/Nc2ccc([N+](=O)[O-])cn2)cc(OCC)c1OCc1cccc2ccccc12. The molecule has 0 radical (unpaired) electrons. The van der Waals surface area contributed by atoms with Crippen LogP contribution in [0.1, 0.15) is 23.6 Å². The Morgan fingerprint density at radius 2 is 1.92 bits per heavy atom. The topological polar surface area (TPSA) is 98.9 Å². The van der Waals surface area contributed by atoms with Gasteiger partial charge in [-0.25, -0.2) is 4.98 Å². The first-order chi connectivity index (χ1) is 17.6. The molecule has 1 heterocycles. The zero-order chi connectivity index (χ0) is 25.3.